The van der Waals surface area contributed by atoms with Crippen LogP contribution in [0.25, 0.3) is 0 Å². The van der Waals surface area contributed by atoms with Crippen molar-refractivity contribution < 1.29 is 4.74 Å². The van der Waals surface area contributed by atoms with Gasteiger partial charge in [0, 0.05) is 17.7 Å². The van der Waals surface area contributed by atoms with Crippen molar-refractivity contribution in [1.82, 2.24) is 4.98 Å². The van der Waals surface area contributed by atoms with Gasteiger partial charge in [-0.05, 0) is 18.6 Å². The number of ether oxygens (including phenoxy) is 1. The number of rotatable bonds is 0. The summed E-state index contributed by atoms with van der Waals surface area (Å²) < 4.78 is 5.35. The van der Waals surface area contributed by atoms with Gasteiger partial charge >= 0.3 is 0 Å². The molecule has 2 rings (SSSR count). The molecule has 0 bridgehead atoms. The molecule has 1 aliphatic rings. The smallest absolute Gasteiger partial charge is 0.216 e. The van der Waals surface area contributed by atoms with E-state index in [0.29, 0.717) is 5.92 Å². The van der Waals surface area contributed by atoms with E-state index >= 15 is 0 Å². The lowest BCUT2D eigenvalue weighted by Gasteiger charge is -1.99. The summed E-state index contributed by atoms with van der Waals surface area (Å²) in [6.45, 7) is 13.0. The third-order valence-electron chi connectivity index (χ3n) is 2.02. The summed E-state index contributed by atoms with van der Waals surface area (Å²) in [5.74, 6) is 1.33. The molecule has 0 N–H and O–H groups in total. The Morgan fingerprint density at radius 3 is 2.47 bits per heavy atom. The summed E-state index contributed by atoms with van der Waals surface area (Å²) >= 11 is 0. The molecule has 1 aliphatic heterocycles. The van der Waals surface area contributed by atoms with E-state index in [1.165, 1.54) is 11.1 Å². The summed E-state index contributed by atoms with van der Waals surface area (Å²) in [6.07, 6.45) is 1.84. The fourth-order valence-electron chi connectivity index (χ4n) is 1.35. The van der Waals surface area contributed by atoms with Crippen molar-refractivity contribution in [3.8, 4) is 5.88 Å². The highest BCUT2D eigenvalue weighted by atomic mass is 16.5. The number of pyridine rings is 1. The Morgan fingerprint density at radius 2 is 1.87 bits per heavy atom. The summed E-state index contributed by atoms with van der Waals surface area (Å²) in [4.78, 5) is 4.19. The average Bonchev–Trinajstić information content (AvgIpc) is 2.66. The number of nitrogens with zero attached hydrogens (tertiary/aromatic N) is 1. The van der Waals surface area contributed by atoms with Crippen LogP contribution in [0, 0.1) is 6.92 Å². The Bertz CT molecular complexity index is 284. The largest absolute Gasteiger partial charge is 0.477 e. The second kappa shape index (κ2) is 7.27. The third kappa shape index (κ3) is 3.54. The van der Waals surface area contributed by atoms with Gasteiger partial charge in [0.1, 0.15) is 0 Å². The van der Waals surface area contributed by atoms with E-state index in [-0.39, 0.29) is 0 Å². The number of aryl methyl sites for hydroxylation is 1. The lowest BCUT2D eigenvalue weighted by Crippen LogP contribution is -1.93. The van der Waals surface area contributed by atoms with E-state index in [1.807, 2.05) is 33.9 Å². The molecule has 0 fully saturated rings. The van der Waals surface area contributed by atoms with Crippen LogP contribution in [0.3, 0.4) is 0 Å². The fraction of sp³-hybridized carbons (Fsp3) is 0.615. The number of fused-ring (bicyclic) bond motifs is 1. The van der Waals surface area contributed by atoms with Crippen LogP contribution in [0.1, 0.15) is 51.7 Å². The second-order valence-electron chi connectivity index (χ2n) is 3.12. The molecule has 0 spiro atoms. The molecule has 0 saturated heterocycles. The first-order valence-electron chi connectivity index (χ1n) is 5.86. The first-order chi connectivity index (χ1) is 7.27. The summed E-state index contributed by atoms with van der Waals surface area (Å²) in [5.41, 5.74) is 2.46. The zero-order chi connectivity index (χ0) is 11.8. The van der Waals surface area contributed by atoms with Gasteiger partial charge in [-0.2, -0.15) is 0 Å². The minimum Gasteiger partial charge on any atom is -0.477 e. The maximum atomic E-state index is 5.35. The topological polar surface area (TPSA) is 22.1 Å². The lowest BCUT2D eigenvalue weighted by molar-refractivity contribution is 0.327. The molecule has 0 aliphatic carbocycles. The lowest BCUT2D eigenvalue weighted by atomic mass is 10.0. The average molecular weight is 209 g/mol. The molecule has 1 aromatic heterocycles. The van der Waals surface area contributed by atoms with Crippen LogP contribution in [-0.4, -0.2) is 11.6 Å². The van der Waals surface area contributed by atoms with Crippen LogP contribution in [0.2, 0.25) is 0 Å². The molecular formula is C13H23NO. The van der Waals surface area contributed by atoms with Crippen LogP contribution in [0.4, 0.5) is 0 Å². The summed E-state index contributed by atoms with van der Waals surface area (Å²) in [5, 5.41) is 0. The van der Waals surface area contributed by atoms with Gasteiger partial charge in [0.15, 0.2) is 0 Å². The maximum Gasteiger partial charge on any atom is 0.216 e. The molecule has 1 atom stereocenters. The number of hydrogen-bond acceptors (Lipinski definition) is 2. The molecule has 0 amide bonds. The molecule has 2 heteroatoms. The van der Waals surface area contributed by atoms with Crippen LogP contribution in [0.15, 0.2) is 12.3 Å². The molecule has 15 heavy (non-hydrogen) atoms. The molecule has 2 heterocycles. The normalized spacial score (nSPS) is 16.3. The minimum absolute atomic E-state index is 0.511. The van der Waals surface area contributed by atoms with Crippen LogP contribution < -0.4 is 4.74 Å². The van der Waals surface area contributed by atoms with Crippen molar-refractivity contribution in [2.45, 2.75) is 47.5 Å². The van der Waals surface area contributed by atoms with Gasteiger partial charge in [0.25, 0.3) is 0 Å². The fourth-order valence-corrected chi connectivity index (χ4v) is 1.35. The summed E-state index contributed by atoms with van der Waals surface area (Å²) in [6, 6.07) is 2.15. The highest BCUT2D eigenvalue weighted by molar-refractivity contribution is 5.35. The molecule has 0 aromatic carbocycles. The van der Waals surface area contributed by atoms with Crippen LogP contribution in [-0.2, 0) is 0 Å². The van der Waals surface area contributed by atoms with Gasteiger partial charge in [0.2, 0.25) is 5.88 Å². The Hall–Kier alpha value is -1.05. The number of aromatic nitrogens is 1. The molecule has 1 unspecified atom stereocenters. The minimum atomic E-state index is 0.511. The molecule has 86 valence electrons. The zero-order valence-corrected chi connectivity index (χ0v) is 10.8. The number of hydrogen-bond donors (Lipinski definition) is 0. The predicted molar refractivity (Wildman–Crippen MR) is 65.6 cm³/mol. The van der Waals surface area contributed by atoms with Crippen molar-refractivity contribution in [2.24, 2.45) is 0 Å². The molecule has 2 nitrogen and oxygen atoms in total. The van der Waals surface area contributed by atoms with Crippen molar-refractivity contribution in [3.63, 3.8) is 0 Å². The van der Waals surface area contributed by atoms with Crippen molar-refractivity contribution in [3.05, 3.63) is 23.4 Å². The van der Waals surface area contributed by atoms with Gasteiger partial charge < -0.3 is 4.74 Å². The van der Waals surface area contributed by atoms with Gasteiger partial charge in [-0.25, -0.2) is 4.98 Å². The van der Waals surface area contributed by atoms with Gasteiger partial charge in [-0.1, -0.05) is 34.6 Å². The van der Waals surface area contributed by atoms with Gasteiger partial charge in [-0.3, -0.25) is 0 Å². The predicted octanol–water partition coefficient (Wildman–Crippen LogP) is 3.94. The van der Waals surface area contributed by atoms with Crippen molar-refractivity contribution in [1.29, 1.82) is 0 Å². The molecule has 1 aromatic rings. The van der Waals surface area contributed by atoms with E-state index in [9.17, 15) is 0 Å². The van der Waals surface area contributed by atoms with E-state index in [1.54, 1.807) is 0 Å². The van der Waals surface area contributed by atoms with Gasteiger partial charge in [0.05, 0.1) is 6.61 Å². The summed E-state index contributed by atoms with van der Waals surface area (Å²) in [7, 11) is 0. The molecular weight excluding hydrogens is 186 g/mol. The van der Waals surface area contributed by atoms with Crippen LogP contribution in [0.5, 0.6) is 5.88 Å². The highest BCUT2D eigenvalue weighted by Crippen LogP contribution is 2.31. The Kier molecular flexibility index (Phi) is 6.76. The van der Waals surface area contributed by atoms with E-state index in [2.05, 4.69) is 24.9 Å². The third-order valence-corrected chi connectivity index (χ3v) is 2.02. The van der Waals surface area contributed by atoms with Crippen molar-refractivity contribution in [2.75, 3.05) is 6.61 Å². The Balaban J connectivity index is 0.000000442. The van der Waals surface area contributed by atoms with E-state index < -0.39 is 0 Å². The van der Waals surface area contributed by atoms with E-state index in [4.69, 9.17) is 4.74 Å². The quantitative estimate of drug-likeness (QED) is 0.645. The highest BCUT2D eigenvalue weighted by Gasteiger charge is 2.20. The zero-order valence-electron chi connectivity index (χ0n) is 10.8. The van der Waals surface area contributed by atoms with E-state index in [0.717, 1.165) is 12.5 Å². The van der Waals surface area contributed by atoms with Crippen molar-refractivity contribution >= 4 is 0 Å². The molecule has 0 saturated carbocycles. The van der Waals surface area contributed by atoms with Gasteiger partial charge in [-0.15, -0.1) is 0 Å². The monoisotopic (exact) mass is 209 g/mol. The Labute approximate surface area is 93.7 Å². The van der Waals surface area contributed by atoms with Crippen LogP contribution >= 0.6 is 0 Å². The maximum absolute atomic E-state index is 5.35. The first kappa shape index (κ1) is 13.9. The Morgan fingerprint density at radius 1 is 1.27 bits per heavy atom. The molecule has 0 radical (unpaired) electrons. The first-order valence-corrected chi connectivity index (χ1v) is 5.86. The standard InChI is InChI=1S/C9H11NO.2C2H6/c1-6-3-8-7(2)5-11-9(8)10-4-6;2*1-2/h3-4,7H,5H2,1-2H3;2*1-2H3. The second-order valence-corrected chi connectivity index (χ2v) is 3.12. The SMILES string of the molecule is CC.CC.Cc1cnc2c(c1)C(C)CO2.